The number of ether oxygens (including phenoxy) is 1. The molecule has 1 N–H and O–H groups in total. The first kappa shape index (κ1) is 11.1. The number of methoxy groups -OCH3 is 1. The average Bonchev–Trinajstić information content (AvgIpc) is 2.39. The smallest absolute Gasteiger partial charge is 0.337 e. The summed E-state index contributed by atoms with van der Waals surface area (Å²) in [6, 6.07) is 4.93. The van der Waals surface area contributed by atoms with Gasteiger partial charge in [0, 0.05) is 18.0 Å². The number of hydrogen-bond acceptors (Lipinski definition) is 4. The largest absolute Gasteiger partial charge is 0.495 e. The number of hydrogen-bond donors (Lipinski definition) is 1. The molecule has 2 aromatic rings. The Morgan fingerprint density at radius 2 is 2.12 bits per heavy atom. The van der Waals surface area contributed by atoms with Crippen molar-refractivity contribution in [1.82, 2.24) is 9.97 Å². The first-order chi connectivity index (χ1) is 8.20. The van der Waals surface area contributed by atoms with Crippen LogP contribution in [0.4, 0.5) is 0 Å². The van der Waals surface area contributed by atoms with Crippen LogP contribution in [0.3, 0.4) is 0 Å². The molecule has 0 aliphatic rings. The van der Waals surface area contributed by atoms with E-state index in [0.717, 1.165) is 5.56 Å². The quantitative estimate of drug-likeness (QED) is 0.871. The van der Waals surface area contributed by atoms with Crippen LogP contribution >= 0.6 is 0 Å². The summed E-state index contributed by atoms with van der Waals surface area (Å²) in [4.78, 5) is 18.8. The molecule has 0 aromatic carbocycles. The molecule has 0 unspecified atom stereocenters. The predicted molar refractivity (Wildman–Crippen MR) is 61.0 cm³/mol. The molecule has 86 valence electrons. The van der Waals surface area contributed by atoms with Crippen molar-refractivity contribution in [3.63, 3.8) is 0 Å². The zero-order chi connectivity index (χ0) is 12.3. The molecule has 2 rings (SSSR count). The normalized spacial score (nSPS) is 9.94. The maximum Gasteiger partial charge on any atom is 0.337 e. The summed E-state index contributed by atoms with van der Waals surface area (Å²) in [6.45, 7) is 0. The summed E-state index contributed by atoms with van der Waals surface area (Å²) in [7, 11) is 1.56. The highest BCUT2D eigenvalue weighted by atomic mass is 16.5. The molecule has 0 bridgehead atoms. The number of carbonyl (C=O) groups is 1. The van der Waals surface area contributed by atoms with E-state index in [1.807, 2.05) is 0 Å². The second-order valence-corrected chi connectivity index (χ2v) is 3.35. The number of carboxylic acids is 1. The van der Waals surface area contributed by atoms with Crippen LogP contribution in [-0.4, -0.2) is 28.2 Å². The molecular formula is C12H10N2O3. The highest BCUT2D eigenvalue weighted by molar-refractivity contribution is 5.87. The third-order valence-corrected chi connectivity index (χ3v) is 2.26. The van der Waals surface area contributed by atoms with Crippen molar-refractivity contribution in [2.24, 2.45) is 0 Å². The second-order valence-electron chi connectivity index (χ2n) is 3.35. The van der Waals surface area contributed by atoms with Crippen molar-refractivity contribution < 1.29 is 14.6 Å². The van der Waals surface area contributed by atoms with Crippen LogP contribution < -0.4 is 4.74 Å². The van der Waals surface area contributed by atoms with Gasteiger partial charge in [-0.05, 0) is 18.2 Å². The van der Waals surface area contributed by atoms with Gasteiger partial charge in [-0.15, -0.1) is 0 Å². The molecule has 0 aliphatic heterocycles. The van der Waals surface area contributed by atoms with Crippen LogP contribution in [0.5, 0.6) is 5.75 Å². The number of carboxylic acid groups (broad SMARTS) is 1. The zero-order valence-electron chi connectivity index (χ0n) is 9.12. The predicted octanol–water partition coefficient (Wildman–Crippen LogP) is 1.85. The van der Waals surface area contributed by atoms with Crippen LogP contribution in [0.25, 0.3) is 11.3 Å². The Morgan fingerprint density at radius 1 is 1.29 bits per heavy atom. The van der Waals surface area contributed by atoms with E-state index in [-0.39, 0.29) is 5.56 Å². The van der Waals surface area contributed by atoms with E-state index in [0.29, 0.717) is 11.4 Å². The minimum absolute atomic E-state index is 0.157. The van der Waals surface area contributed by atoms with Crippen molar-refractivity contribution in [3.8, 4) is 17.0 Å². The third kappa shape index (κ3) is 2.39. The maximum atomic E-state index is 10.7. The van der Waals surface area contributed by atoms with Crippen molar-refractivity contribution in [2.75, 3.05) is 7.11 Å². The number of nitrogens with zero attached hydrogens (tertiary/aromatic N) is 2. The minimum Gasteiger partial charge on any atom is -0.495 e. The monoisotopic (exact) mass is 230 g/mol. The molecule has 0 radical (unpaired) electrons. The Balaban J connectivity index is 2.36. The van der Waals surface area contributed by atoms with E-state index in [9.17, 15) is 4.79 Å². The minimum atomic E-state index is -0.993. The topological polar surface area (TPSA) is 72.3 Å². The van der Waals surface area contributed by atoms with Gasteiger partial charge in [0.2, 0.25) is 0 Å². The fraction of sp³-hybridized carbons (Fsp3) is 0.0833. The molecule has 5 heteroatoms. The molecule has 0 amide bonds. The Hall–Kier alpha value is -2.43. The number of aromatic carboxylic acids is 1. The standard InChI is InChI=1S/C12H10N2O3/c1-17-10-4-9(5-13-7-10)11-3-2-8(6-14-11)12(15)16/h2-7H,1H3,(H,15,16). The molecule has 2 heterocycles. The van der Waals surface area contributed by atoms with Gasteiger partial charge in [0.1, 0.15) is 5.75 Å². The molecule has 0 atom stereocenters. The van der Waals surface area contributed by atoms with Gasteiger partial charge in [-0.1, -0.05) is 0 Å². The SMILES string of the molecule is COc1cncc(-c2ccc(C(=O)O)cn2)c1. The van der Waals surface area contributed by atoms with Crippen LogP contribution in [0.2, 0.25) is 0 Å². The van der Waals surface area contributed by atoms with E-state index in [4.69, 9.17) is 9.84 Å². The summed E-state index contributed by atoms with van der Waals surface area (Å²) in [5, 5.41) is 8.76. The Labute approximate surface area is 97.7 Å². The van der Waals surface area contributed by atoms with Gasteiger partial charge in [0.15, 0.2) is 0 Å². The summed E-state index contributed by atoms with van der Waals surface area (Å²) < 4.78 is 5.05. The highest BCUT2D eigenvalue weighted by Crippen LogP contribution is 2.20. The molecule has 0 fully saturated rings. The van der Waals surface area contributed by atoms with Crippen LogP contribution in [-0.2, 0) is 0 Å². The van der Waals surface area contributed by atoms with E-state index in [1.54, 1.807) is 31.6 Å². The first-order valence-electron chi connectivity index (χ1n) is 4.89. The van der Waals surface area contributed by atoms with Crippen LogP contribution in [0.15, 0.2) is 36.8 Å². The van der Waals surface area contributed by atoms with E-state index in [1.165, 1.54) is 12.3 Å². The lowest BCUT2D eigenvalue weighted by Crippen LogP contribution is -1.97. The fourth-order valence-electron chi connectivity index (χ4n) is 1.36. The second kappa shape index (κ2) is 4.61. The Kier molecular flexibility index (Phi) is 3.00. The van der Waals surface area contributed by atoms with Crippen LogP contribution in [0.1, 0.15) is 10.4 Å². The zero-order valence-corrected chi connectivity index (χ0v) is 9.12. The van der Waals surface area contributed by atoms with E-state index >= 15 is 0 Å². The molecule has 0 saturated carbocycles. The molecule has 2 aromatic heterocycles. The van der Waals surface area contributed by atoms with Crippen LogP contribution in [0, 0.1) is 0 Å². The van der Waals surface area contributed by atoms with Gasteiger partial charge >= 0.3 is 5.97 Å². The maximum absolute atomic E-state index is 10.7. The van der Waals surface area contributed by atoms with E-state index in [2.05, 4.69) is 9.97 Å². The first-order valence-corrected chi connectivity index (χ1v) is 4.89. The number of pyridine rings is 2. The summed E-state index contributed by atoms with van der Waals surface area (Å²) in [5.74, 6) is -0.362. The van der Waals surface area contributed by atoms with Gasteiger partial charge in [-0.3, -0.25) is 9.97 Å². The average molecular weight is 230 g/mol. The molecule has 0 saturated heterocycles. The summed E-state index contributed by atoms with van der Waals surface area (Å²) >= 11 is 0. The van der Waals surface area contributed by atoms with Gasteiger partial charge in [-0.2, -0.15) is 0 Å². The number of rotatable bonds is 3. The van der Waals surface area contributed by atoms with Gasteiger partial charge < -0.3 is 9.84 Å². The fourth-order valence-corrected chi connectivity index (χ4v) is 1.36. The van der Waals surface area contributed by atoms with Crippen molar-refractivity contribution in [1.29, 1.82) is 0 Å². The lowest BCUT2D eigenvalue weighted by molar-refractivity contribution is 0.0696. The highest BCUT2D eigenvalue weighted by Gasteiger charge is 2.05. The van der Waals surface area contributed by atoms with Gasteiger partial charge in [-0.25, -0.2) is 4.79 Å². The Morgan fingerprint density at radius 3 is 2.71 bits per heavy atom. The molecule has 0 aliphatic carbocycles. The summed E-state index contributed by atoms with van der Waals surface area (Å²) in [5.41, 5.74) is 1.59. The number of aromatic nitrogens is 2. The van der Waals surface area contributed by atoms with E-state index < -0.39 is 5.97 Å². The van der Waals surface area contributed by atoms with Crippen molar-refractivity contribution in [2.45, 2.75) is 0 Å². The lowest BCUT2D eigenvalue weighted by atomic mass is 10.1. The van der Waals surface area contributed by atoms with Crippen molar-refractivity contribution >= 4 is 5.97 Å². The van der Waals surface area contributed by atoms with Gasteiger partial charge in [0.05, 0.1) is 24.6 Å². The molecule has 5 nitrogen and oxygen atoms in total. The Bertz CT molecular complexity index is 538. The molecular weight excluding hydrogens is 220 g/mol. The summed E-state index contributed by atoms with van der Waals surface area (Å²) in [6.07, 6.45) is 4.55. The van der Waals surface area contributed by atoms with Crippen molar-refractivity contribution in [3.05, 3.63) is 42.4 Å². The lowest BCUT2D eigenvalue weighted by Gasteiger charge is -2.03. The third-order valence-electron chi connectivity index (χ3n) is 2.26. The molecule has 17 heavy (non-hydrogen) atoms. The molecule has 0 spiro atoms. The van der Waals surface area contributed by atoms with Gasteiger partial charge in [0.25, 0.3) is 0 Å².